The van der Waals surface area contributed by atoms with Crippen molar-refractivity contribution in [2.75, 3.05) is 0 Å². The number of hydrogen-bond acceptors (Lipinski definition) is 5. The molecule has 2 N–H and O–H groups in total. The SMILES string of the molecule is Cc1nn(C(C)C)c(OC2CCC(N)C2)c1[N+](=O)[O-]. The van der Waals surface area contributed by atoms with Crippen molar-refractivity contribution in [2.24, 2.45) is 5.73 Å². The molecule has 106 valence electrons. The van der Waals surface area contributed by atoms with Gasteiger partial charge in [0.25, 0.3) is 5.88 Å². The zero-order chi connectivity index (χ0) is 14.2. The Morgan fingerprint density at radius 2 is 2.21 bits per heavy atom. The third-order valence-electron chi connectivity index (χ3n) is 3.39. The zero-order valence-electron chi connectivity index (χ0n) is 11.5. The number of rotatable bonds is 4. The highest BCUT2D eigenvalue weighted by Gasteiger charge is 2.32. The summed E-state index contributed by atoms with van der Waals surface area (Å²) < 4.78 is 7.41. The van der Waals surface area contributed by atoms with E-state index < -0.39 is 4.92 Å². The van der Waals surface area contributed by atoms with Crippen molar-refractivity contribution in [3.8, 4) is 5.88 Å². The van der Waals surface area contributed by atoms with Gasteiger partial charge < -0.3 is 10.5 Å². The average Bonchev–Trinajstić information content (AvgIpc) is 2.83. The minimum absolute atomic E-state index is 0.0116. The van der Waals surface area contributed by atoms with Crippen LogP contribution in [0.2, 0.25) is 0 Å². The molecule has 0 bridgehead atoms. The van der Waals surface area contributed by atoms with Crippen LogP contribution in [0.5, 0.6) is 5.88 Å². The highest BCUT2D eigenvalue weighted by molar-refractivity contribution is 5.46. The van der Waals surface area contributed by atoms with E-state index >= 15 is 0 Å². The summed E-state index contributed by atoms with van der Waals surface area (Å²) in [5.74, 6) is 0.261. The van der Waals surface area contributed by atoms with E-state index in [1.807, 2.05) is 13.8 Å². The molecule has 0 amide bonds. The fourth-order valence-electron chi connectivity index (χ4n) is 2.43. The second-order valence-electron chi connectivity index (χ2n) is 5.35. The molecule has 2 unspecified atom stereocenters. The highest BCUT2D eigenvalue weighted by Crippen LogP contribution is 2.35. The molecule has 0 aliphatic heterocycles. The van der Waals surface area contributed by atoms with Crippen LogP contribution >= 0.6 is 0 Å². The fourth-order valence-corrected chi connectivity index (χ4v) is 2.43. The molecule has 1 heterocycles. The largest absolute Gasteiger partial charge is 0.470 e. The lowest BCUT2D eigenvalue weighted by Crippen LogP contribution is -2.20. The molecule has 0 aromatic carbocycles. The Bertz CT molecular complexity index is 484. The van der Waals surface area contributed by atoms with Crippen LogP contribution in [0.15, 0.2) is 0 Å². The maximum atomic E-state index is 11.2. The third kappa shape index (κ3) is 2.70. The number of ether oxygens (including phenoxy) is 1. The second-order valence-corrected chi connectivity index (χ2v) is 5.35. The van der Waals surface area contributed by atoms with Crippen molar-refractivity contribution in [2.45, 2.75) is 58.2 Å². The number of aryl methyl sites for hydroxylation is 1. The van der Waals surface area contributed by atoms with Crippen LogP contribution in [-0.4, -0.2) is 26.8 Å². The van der Waals surface area contributed by atoms with Gasteiger partial charge in [-0.2, -0.15) is 5.10 Å². The van der Waals surface area contributed by atoms with Crippen molar-refractivity contribution in [1.82, 2.24) is 9.78 Å². The maximum Gasteiger partial charge on any atom is 0.353 e. The normalized spacial score (nSPS) is 23.0. The van der Waals surface area contributed by atoms with E-state index in [-0.39, 0.29) is 29.8 Å². The minimum atomic E-state index is -0.425. The summed E-state index contributed by atoms with van der Waals surface area (Å²) in [6, 6.07) is 0.137. The molecule has 2 atom stereocenters. The van der Waals surface area contributed by atoms with Gasteiger partial charge in [0.1, 0.15) is 11.8 Å². The van der Waals surface area contributed by atoms with Crippen molar-refractivity contribution in [1.29, 1.82) is 0 Å². The van der Waals surface area contributed by atoms with Gasteiger partial charge in [-0.3, -0.25) is 10.1 Å². The van der Waals surface area contributed by atoms with Crippen LogP contribution in [0, 0.1) is 17.0 Å². The van der Waals surface area contributed by atoms with E-state index in [1.165, 1.54) is 0 Å². The first-order valence-electron chi connectivity index (χ1n) is 6.56. The molecule has 1 aromatic rings. The average molecular weight is 268 g/mol. The van der Waals surface area contributed by atoms with E-state index in [0.717, 1.165) is 19.3 Å². The molecule has 1 aromatic heterocycles. The first-order valence-corrected chi connectivity index (χ1v) is 6.56. The Morgan fingerprint density at radius 3 is 2.68 bits per heavy atom. The second kappa shape index (κ2) is 5.16. The Kier molecular flexibility index (Phi) is 3.75. The fraction of sp³-hybridized carbons (Fsp3) is 0.750. The van der Waals surface area contributed by atoms with Gasteiger partial charge in [-0.15, -0.1) is 0 Å². The topological polar surface area (TPSA) is 96.2 Å². The van der Waals surface area contributed by atoms with Gasteiger partial charge in [0, 0.05) is 6.04 Å². The summed E-state index contributed by atoms with van der Waals surface area (Å²) in [4.78, 5) is 10.7. The van der Waals surface area contributed by atoms with Gasteiger partial charge in [0.05, 0.1) is 11.0 Å². The molecule has 0 spiro atoms. The molecule has 1 fully saturated rings. The van der Waals surface area contributed by atoms with Crippen LogP contribution in [0.1, 0.15) is 44.8 Å². The van der Waals surface area contributed by atoms with E-state index in [1.54, 1.807) is 11.6 Å². The van der Waals surface area contributed by atoms with Crippen molar-refractivity contribution in [3.05, 3.63) is 15.8 Å². The monoisotopic (exact) mass is 268 g/mol. The number of nitrogens with zero attached hydrogens (tertiary/aromatic N) is 3. The third-order valence-corrected chi connectivity index (χ3v) is 3.39. The quantitative estimate of drug-likeness (QED) is 0.665. The summed E-state index contributed by atoms with van der Waals surface area (Å²) in [6.07, 6.45) is 2.41. The number of nitrogens with two attached hydrogens (primary N) is 1. The van der Waals surface area contributed by atoms with Gasteiger partial charge in [0.2, 0.25) is 0 Å². The lowest BCUT2D eigenvalue weighted by atomic mass is 10.3. The number of hydrogen-bond donors (Lipinski definition) is 1. The van der Waals surface area contributed by atoms with Gasteiger partial charge in [-0.25, -0.2) is 4.68 Å². The lowest BCUT2D eigenvalue weighted by molar-refractivity contribution is -0.386. The smallest absolute Gasteiger partial charge is 0.353 e. The zero-order valence-corrected chi connectivity index (χ0v) is 11.5. The molecule has 1 saturated carbocycles. The lowest BCUT2D eigenvalue weighted by Gasteiger charge is -2.15. The Balaban J connectivity index is 2.33. The molecular weight excluding hydrogens is 248 g/mol. The molecule has 19 heavy (non-hydrogen) atoms. The van der Waals surface area contributed by atoms with Gasteiger partial charge >= 0.3 is 5.69 Å². The molecular formula is C12H20N4O3. The first-order chi connectivity index (χ1) is 8.90. The van der Waals surface area contributed by atoms with E-state index in [2.05, 4.69) is 5.10 Å². The van der Waals surface area contributed by atoms with Crippen LogP contribution in [-0.2, 0) is 0 Å². The molecule has 0 radical (unpaired) electrons. The first kappa shape index (κ1) is 13.8. The summed E-state index contributed by atoms with van der Waals surface area (Å²) in [5.41, 5.74) is 6.20. The number of aromatic nitrogens is 2. The van der Waals surface area contributed by atoms with Crippen LogP contribution in [0.4, 0.5) is 5.69 Å². The molecule has 2 rings (SSSR count). The maximum absolute atomic E-state index is 11.2. The van der Waals surface area contributed by atoms with Gasteiger partial charge in [-0.05, 0) is 40.0 Å². The number of nitro groups is 1. The van der Waals surface area contributed by atoms with Crippen LogP contribution < -0.4 is 10.5 Å². The molecule has 0 saturated heterocycles. The molecule has 1 aliphatic carbocycles. The molecule has 7 nitrogen and oxygen atoms in total. The van der Waals surface area contributed by atoms with Crippen LogP contribution in [0.3, 0.4) is 0 Å². The summed E-state index contributed by atoms with van der Waals surface area (Å²) in [6.45, 7) is 5.47. The van der Waals surface area contributed by atoms with Crippen molar-refractivity contribution < 1.29 is 9.66 Å². The summed E-state index contributed by atoms with van der Waals surface area (Å²) >= 11 is 0. The van der Waals surface area contributed by atoms with E-state index in [0.29, 0.717) is 5.69 Å². The molecule has 1 aliphatic rings. The van der Waals surface area contributed by atoms with Crippen molar-refractivity contribution in [3.63, 3.8) is 0 Å². The summed E-state index contributed by atoms with van der Waals surface area (Å²) in [7, 11) is 0. The predicted octanol–water partition coefficient (Wildman–Crippen LogP) is 1.94. The van der Waals surface area contributed by atoms with E-state index in [4.69, 9.17) is 10.5 Å². The predicted molar refractivity (Wildman–Crippen MR) is 70.2 cm³/mol. The van der Waals surface area contributed by atoms with Crippen LogP contribution in [0.25, 0.3) is 0 Å². The van der Waals surface area contributed by atoms with Crippen molar-refractivity contribution >= 4 is 5.69 Å². The Labute approximate surface area is 111 Å². The standard InChI is InChI=1S/C12H20N4O3/c1-7(2)15-12(11(16(17)18)8(3)14-15)19-10-5-4-9(13)6-10/h7,9-10H,4-6,13H2,1-3H3. The minimum Gasteiger partial charge on any atom is -0.470 e. The van der Waals surface area contributed by atoms with Gasteiger partial charge in [-0.1, -0.05) is 0 Å². The molecule has 7 heteroatoms. The Morgan fingerprint density at radius 1 is 1.53 bits per heavy atom. The van der Waals surface area contributed by atoms with E-state index in [9.17, 15) is 10.1 Å². The summed E-state index contributed by atoms with van der Waals surface area (Å²) in [5, 5.41) is 15.4. The highest BCUT2D eigenvalue weighted by atomic mass is 16.6. The van der Waals surface area contributed by atoms with Gasteiger partial charge in [0.15, 0.2) is 0 Å². The Hall–Kier alpha value is -1.63.